The summed E-state index contributed by atoms with van der Waals surface area (Å²) >= 11 is 1.35. The number of hydrogen-bond donors (Lipinski definition) is 2. The number of nitrogens with one attached hydrogen (secondary N) is 1. The van der Waals surface area contributed by atoms with Crippen LogP contribution in [0.1, 0.15) is 25.0 Å². The molecule has 2 rings (SSSR count). The van der Waals surface area contributed by atoms with Crippen molar-refractivity contribution < 1.29 is 9.59 Å². The number of fused-ring (bicyclic) bond motifs is 1. The van der Waals surface area contributed by atoms with Gasteiger partial charge in [0.2, 0.25) is 5.91 Å². The Labute approximate surface area is 140 Å². The number of nitrogens with zero attached hydrogens (tertiary/aromatic N) is 1. The van der Waals surface area contributed by atoms with E-state index in [2.05, 4.69) is 22.4 Å². The molecule has 2 aromatic rings. The number of primary amides is 1. The number of rotatable bonds is 4. The fraction of sp³-hybridized carbons (Fsp3) is 0.353. The molecule has 1 aromatic carbocycles. The number of amides is 3. The van der Waals surface area contributed by atoms with Crippen molar-refractivity contribution in [2.75, 3.05) is 0 Å². The molecule has 1 atom stereocenters. The Hall–Kier alpha value is -2.08. The number of benzene rings is 1. The van der Waals surface area contributed by atoms with E-state index in [-0.39, 0.29) is 11.8 Å². The van der Waals surface area contributed by atoms with Gasteiger partial charge in [0.25, 0.3) is 0 Å². The van der Waals surface area contributed by atoms with E-state index in [9.17, 15) is 9.59 Å². The third-order valence-electron chi connectivity index (χ3n) is 3.51. The maximum Gasteiger partial charge on any atom is 0.318 e. The van der Waals surface area contributed by atoms with Crippen LogP contribution >= 0.6 is 11.8 Å². The molecular formula is C17H21N3O2S. The second kappa shape index (κ2) is 7.00. The number of hydrogen-bond acceptors (Lipinski definition) is 4. The van der Waals surface area contributed by atoms with Crippen LogP contribution in [-0.4, -0.2) is 22.2 Å². The number of aryl methyl sites for hydroxylation is 2. The molecule has 0 saturated carbocycles. The first-order valence-corrected chi connectivity index (χ1v) is 8.31. The third kappa shape index (κ3) is 4.22. The smallest absolute Gasteiger partial charge is 0.318 e. The Kier molecular flexibility index (Phi) is 5.26. The molecule has 0 saturated heterocycles. The predicted molar refractivity (Wildman–Crippen MR) is 93.4 cm³/mol. The number of imide groups is 1. The van der Waals surface area contributed by atoms with Crippen molar-refractivity contribution in [2.24, 2.45) is 11.7 Å². The molecule has 0 unspecified atom stereocenters. The third-order valence-corrected chi connectivity index (χ3v) is 4.97. The summed E-state index contributed by atoms with van der Waals surface area (Å²) in [7, 11) is 0. The summed E-state index contributed by atoms with van der Waals surface area (Å²) in [5, 5.41) is 3.59. The second-order valence-electron chi connectivity index (χ2n) is 5.93. The zero-order valence-corrected chi connectivity index (χ0v) is 14.5. The summed E-state index contributed by atoms with van der Waals surface area (Å²) in [6, 6.07) is 7.28. The molecule has 1 aromatic heterocycles. The molecule has 3 amide bonds. The topological polar surface area (TPSA) is 85.1 Å². The first-order chi connectivity index (χ1) is 10.8. The number of thioether (sulfide) groups is 1. The minimum absolute atomic E-state index is 0.0367. The van der Waals surface area contributed by atoms with E-state index in [0.717, 1.165) is 27.1 Å². The van der Waals surface area contributed by atoms with E-state index >= 15 is 0 Å². The molecule has 23 heavy (non-hydrogen) atoms. The minimum atomic E-state index is -0.834. The predicted octanol–water partition coefficient (Wildman–Crippen LogP) is 3.16. The first kappa shape index (κ1) is 17.3. The maximum absolute atomic E-state index is 12.1. The lowest BCUT2D eigenvalue weighted by Gasteiger charge is -2.19. The van der Waals surface area contributed by atoms with Crippen LogP contribution in [0.5, 0.6) is 0 Å². The van der Waals surface area contributed by atoms with Crippen molar-refractivity contribution in [3.8, 4) is 0 Å². The van der Waals surface area contributed by atoms with Crippen molar-refractivity contribution >= 4 is 34.6 Å². The monoisotopic (exact) mass is 331 g/mol. The van der Waals surface area contributed by atoms with Gasteiger partial charge in [0.05, 0.1) is 15.8 Å². The summed E-state index contributed by atoms with van der Waals surface area (Å²) in [5.41, 5.74) is 8.20. The van der Waals surface area contributed by atoms with E-state index in [1.54, 1.807) is 0 Å². The molecule has 0 spiro atoms. The van der Waals surface area contributed by atoms with E-state index < -0.39 is 11.3 Å². The van der Waals surface area contributed by atoms with Gasteiger partial charge in [-0.05, 0) is 43.0 Å². The van der Waals surface area contributed by atoms with Gasteiger partial charge in [-0.25, -0.2) is 9.78 Å². The molecule has 0 aliphatic carbocycles. The van der Waals surface area contributed by atoms with Gasteiger partial charge < -0.3 is 5.73 Å². The van der Waals surface area contributed by atoms with Gasteiger partial charge in [-0.1, -0.05) is 37.7 Å². The summed E-state index contributed by atoms with van der Waals surface area (Å²) in [6.45, 7) is 7.90. The highest BCUT2D eigenvalue weighted by Crippen LogP contribution is 2.30. The van der Waals surface area contributed by atoms with Gasteiger partial charge in [-0.3, -0.25) is 10.1 Å². The number of carbonyl (C=O) groups is 2. The molecule has 0 aliphatic rings. The summed E-state index contributed by atoms with van der Waals surface area (Å²) in [4.78, 5) is 27.7. The molecule has 0 aliphatic heterocycles. The van der Waals surface area contributed by atoms with E-state index in [1.807, 2.05) is 39.8 Å². The van der Waals surface area contributed by atoms with Crippen molar-refractivity contribution in [3.05, 3.63) is 35.4 Å². The molecule has 0 radical (unpaired) electrons. The van der Waals surface area contributed by atoms with Gasteiger partial charge in [-0.2, -0.15) is 0 Å². The molecule has 0 fully saturated rings. The maximum atomic E-state index is 12.1. The molecule has 1 heterocycles. The van der Waals surface area contributed by atoms with Crippen LogP contribution in [0.3, 0.4) is 0 Å². The fourth-order valence-electron chi connectivity index (χ4n) is 2.36. The quantitative estimate of drug-likeness (QED) is 0.843. The number of aromatic nitrogens is 1. The molecule has 122 valence electrons. The van der Waals surface area contributed by atoms with Crippen LogP contribution in [0.4, 0.5) is 4.79 Å². The Balaban J connectivity index is 2.34. The Morgan fingerprint density at radius 2 is 1.91 bits per heavy atom. The van der Waals surface area contributed by atoms with Crippen LogP contribution < -0.4 is 11.1 Å². The largest absolute Gasteiger partial charge is 0.351 e. The van der Waals surface area contributed by atoms with Gasteiger partial charge in [0.1, 0.15) is 0 Å². The normalized spacial score (nSPS) is 12.4. The lowest BCUT2D eigenvalue weighted by Crippen LogP contribution is -2.42. The number of pyridine rings is 1. The van der Waals surface area contributed by atoms with Crippen LogP contribution in [0, 0.1) is 19.8 Å². The van der Waals surface area contributed by atoms with Crippen LogP contribution in [0.2, 0.25) is 0 Å². The van der Waals surface area contributed by atoms with Crippen LogP contribution in [0.15, 0.2) is 29.3 Å². The molecular weight excluding hydrogens is 310 g/mol. The van der Waals surface area contributed by atoms with E-state index in [0.29, 0.717) is 0 Å². The lowest BCUT2D eigenvalue weighted by molar-refractivity contribution is -0.120. The molecule has 0 bridgehead atoms. The molecule has 6 heteroatoms. The highest BCUT2D eigenvalue weighted by molar-refractivity contribution is 8.00. The lowest BCUT2D eigenvalue weighted by atomic mass is 10.1. The minimum Gasteiger partial charge on any atom is -0.351 e. The van der Waals surface area contributed by atoms with Crippen molar-refractivity contribution in [3.63, 3.8) is 0 Å². The van der Waals surface area contributed by atoms with E-state index in [1.165, 1.54) is 11.8 Å². The fourth-order valence-corrected chi connectivity index (χ4v) is 3.45. The van der Waals surface area contributed by atoms with Crippen LogP contribution in [-0.2, 0) is 4.79 Å². The number of nitrogens with two attached hydrogens (primary N) is 1. The van der Waals surface area contributed by atoms with Gasteiger partial charge >= 0.3 is 6.03 Å². The van der Waals surface area contributed by atoms with Crippen molar-refractivity contribution in [2.45, 2.75) is 38.0 Å². The van der Waals surface area contributed by atoms with Gasteiger partial charge in [0.15, 0.2) is 0 Å². The average Bonchev–Trinajstić information content (AvgIpc) is 2.43. The summed E-state index contributed by atoms with van der Waals surface area (Å²) in [6.07, 6.45) is 0. The van der Waals surface area contributed by atoms with E-state index in [4.69, 9.17) is 5.73 Å². The second-order valence-corrected chi connectivity index (χ2v) is 7.10. The molecule has 5 nitrogen and oxygen atoms in total. The highest BCUT2D eigenvalue weighted by Gasteiger charge is 2.25. The van der Waals surface area contributed by atoms with Crippen molar-refractivity contribution in [1.29, 1.82) is 0 Å². The van der Waals surface area contributed by atoms with Gasteiger partial charge in [0, 0.05) is 5.39 Å². The highest BCUT2D eigenvalue weighted by atomic mass is 32.2. The Morgan fingerprint density at radius 3 is 2.52 bits per heavy atom. The van der Waals surface area contributed by atoms with Crippen LogP contribution in [0.25, 0.3) is 10.9 Å². The summed E-state index contributed by atoms with van der Waals surface area (Å²) in [5.74, 6) is -0.351. The Bertz CT molecular complexity index is 759. The summed E-state index contributed by atoms with van der Waals surface area (Å²) < 4.78 is 0. The molecule has 3 N–H and O–H groups in total. The average molecular weight is 331 g/mol. The standard InChI is InChI=1S/C17H21N3O2S/c1-9(2)15(16(21)20-17(18)22)23-14-8-11(4)12-6-5-10(3)7-13(12)19-14/h5-9,15H,1-4H3,(H3,18,20,21,22)/t15-/m0/s1. The number of carbonyl (C=O) groups excluding carboxylic acids is 2. The van der Waals surface area contributed by atoms with Crippen molar-refractivity contribution in [1.82, 2.24) is 10.3 Å². The Morgan fingerprint density at radius 1 is 1.22 bits per heavy atom. The SMILES string of the molecule is Cc1ccc2c(C)cc(S[C@H](C(=O)NC(N)=O)C(C)C)nc2c1. The van der Waals surface area contributed by atoms with Gasteiger partial charge in [-0.15, -0.1) is 0 Å². The first-order valence-electron chi connectivity index (χ1n) is 7.43. The zero-order chi connectivity index (χ0) is 17.1. The number of urea groups is 1. The zero-order valence-electron chi connectivity index (χ0n) is 13.7.